The molecule has 0 aromatic heterocycles. The standard InChI is InChI=1S/C14H29N/c1-9-10-11-15(14(6,7)8)12(2)13(3,4)5/h9,12H,1,10-11H2,2-8H3. The molecule has 0 saturated heterocycles. The maximum atomic E-state index is 3.81. The fourth-order valence-corrected chi connectivity index (χ4v) is 1.81. The van der Waals surface area contributed by atoms with Crippen LogP contribution < -0.4 is 0 Å². The number of nitrogens with zero attached hydrogens (tertiary/aromatic N) is 1. The molecule has 1 heteroatoms. The lowest BCUT2D eigenvalue weighted by Crippen LogP contribution is -2.52. The zero-order valence-electron chi connectivity index (χ0n) is 11.7. The van der Waals surface area contributed by atoms with Crippen LogP contribution in [0, 0.1) is 5.41 Å². The van der Waals surface area contributed by atoms with E-state index in [-0.39, 0.29) is 5.54 Å². The van der Waals surface area contributed by atoms with Crippen molar-refractivity contribution in [2.75, 3.05) is 6.54 Å². The van der Waals surface area contributed by atoms with Crippen LogP contribution in [0.2, 0.25) is 0 Å². The van der Waals surface area contributed by atoms with Gasteiger partial charge in [0, 0.05) is 18.1 Å². The lowest BCUT2D eigenvalue weighted by molar-refractivity contribution is 0.0342. The van der Waals surface area contributed by atoms with E-state index in [2.05, 4.69) is 59.9 Å². The van der Waals surface area contributed by atoms with E-state index in [1.54, 1.807) is 0 Å². The van der Waals surface area contributed by atoms with Gasteiger partial charge >= 0.3 is 0 Å². The van der Waals surface area contributed by atoms with Gasteiger partial charge in [-0.1, -0.05) is 26.8 Å². The van der Waals surface area contributed by atoms with Crippen LogP contribution in [0.25, 0.3) is 0 Å². The average Bonchev–Trinajstić information content (AvgIpc) is 2.00. The van der Waals surface area contributed by atoms with Crippen LogP contribution in [-0.2, 0) is 0 Å². The van der Waals surface area contributed by atoms with Crippen molar-refractivity contribution < 1.29 is 0 Å². The summed E-state index contributed by atoms with van der Waals surface area (Å²) in [5.74, 6) is 0. The van der Waals surface area contributed by atoms with E-state index >= 15 is 0 Å². The van der Waals surface area contributed by atoms with Crippen LogP contribution in [0.15, 0.2) is 12.7 Å². The Hall–Kier alpha value is -0.300. The van der Waals surface area contributed by atoms with E-state index in [1.165, 1.54) is 0 Å². The van der Waals surface area contributed by atoms with Crippen LogP contribution in [0.3, 0.4) is 0 Å². The number of hydrogen-bond acceptors (Lipinski definition) is 1. The van der Waals surface area contributed by atoms with Crippen molar-refractivity contribution in [3.8, 4) is 0 Å². The van der Waals surface area contributed by atoms with Gasteiger partial charge in [0.1, 0.15) is 0 Å². The minimum Gasteiger partial charge on any atom is -0.295 e. The molecule has 0 aliphatic carbocycles. The molecule has 15 heavy (non-hydrogen) atoms. The third-order valence-electron chi connectivity index (χ3n) is 3.16. The van der Waals surface area contributed by atoms with E-state index in [9.17, 15) is 0 Å². The topological polar surface area (TPSA) is 3.24 Å². The Morgan fingerprint density at radius 1 is 1.13 bits per heavy atom. The molecule has 0 aliphatic heterocycles. The van der Waals surface area contributed by atoms with E-state index in [0.717, 1.165) is 13.0 Å². The van der Waals surface area contributed by atoms with Crippen molar-refractivity contribution in [3.63, 3.8) is 0 Å². The fraction of sp³-hybridized carbons (Fsp3) is 0.857. The van der Waals surface area contributed by atoms with Gasteiger partial charge in [-0.25, -0.2) is 0 Å². The summed E-state index contributed by atoms with van der Waals surface area (Å²) in [5.41, 5.74) is 0.560. The van der Waals surface area contributed by atoms with Crippen LogP contribution in [-0.4, -0.2) is 23.0 Å². The molecule has 0 bridgehead atoms. The second-order valence-corrected chi connectivity index (χ2v) is 6.48. The molecule has 0 aromatic rings. The molecule has 1 unspecified atom stereocenters. The molecule has 0 aliphatic rings. The number of hydrogen-bond donors (Lipinski definition) is 0. The third-order valence-corrected chi connectivity index (χ3v) is 3.16. The molecule has 0 heterocycles. The summed E-state index contributed by atoms with van der Waals surface area (Å²) in [6.45, 7) is 21.0. The molecule has 0 fully saturated rings. The van der Waals surface area contributed by atoms with Gasteiger partial charge in [-0.05, 0) is 39.5 Å². The predicted octanol–water partition coefficient (Wildman–Crippen LogP) is 4.10. The van der Waals surface area contributed by atoms with Crippen molar-refractivity contribution in [1.29, 1.82) is 0 Å². The zero-order chi connectivity index (χ0) is 12.3. The molecule has 1 nitrogen and oxygen atoms in total. The molecule has 0 N–H and O–H groups in total. The van der Waals surface area contributed by atoms with Gasteiger partial charge in [0.25, 0.3) is 0 Å². The van der Waals surface area contributed by atoms with Crippen LogP contribution in [0.1, 0.15) is 54.9 Å². The first-order valence-corrected chi connectivity index (χ1v) is 5.98. The fourth-order valence-electron chi connectivity index (χ4n) is 1.81. The lowest BCUT2D eigenvalue weighted by Gasteiger charge is -2.45. The molecule has 0 rings (SSSR count). The molecule has 0 aromatic carbocycles. The molecule has 0 amide bonds. The maximum absolute atomic E-state index is 3.81. The third kappa shape index (κ3) is 4.83. The van der Waals surface area contributed by atoms with Gasteiger partial charge in [-0.15, -0.1) is 6.58 Å². The average molecular weight is 211 g/mol. The van der Waals surface area contributed by atoms with E-state index in [1.807, 2.05) is 6.08 Å². The van der Waals surface area contributed by atoms with Gasteiger partial charge < -0.3 is 0 Å². The highest BCUT2D eigenvalue weighted by Crippen LogP contribution is 2.29. The molecule has 90 valence electrons. The summed E-state index contributed by atoms with van der Waals surface area (Å²) < 4.78 is 0. The highest BCUT2D eigenvalue weighted by atomic mass is 15.2. The van der Waals surface area contributed by atoms with Crippen molar-refractivity contribution in [3.05, 3.63) is 12.7 Å². The summed E-state index contributed by atoms with van der Waals surface area (Å²) >= 11 is 0. The lowest BCUT2D eigenvalue weighted by atomic mass is 9.84. The quantitative estimate of drug-likeness (QED) is 0.633. The van der Waals surface area contributed by atoms with Crippen LogP contribution >= 0.6 is 0 Å². The maximum Gasteiger partial charge on any atom is 0.0128 e. The second-order valence-electron chi connectivity index (χ2n) is 6.48. The summed E-state index contributed by atoms with van der Waals surface area (Å²) in [5, 5.41) is 0. The molecule has 0 spiro atoms. The second kappa shape index (κ2) is 5.16. The Kier molecular flexibility index (Phi) is 5.05. The Labute approximate surface area is 96.6 Å². The van der Waals surface area contributed by atoms with Crippen molar-refractivity contribution in [2.45, 2.75) is 66.5 Å². The summed E-state index contributed by atoms with van der Waals surface area (Å²) in [6, 6.07) is 0.581. The van der Waals surface area contributed by atoms with Crippen molar-refractivity contribution >= 4 is 0 Å². The highest BCUT2D eigenvalue weighted by molar-refractivity contribution is 4.88. The summed E-state index contributed by atoms with van der Waals surface area (Å²) in [6.07, 6.45) is 3.08. The molecule has 0 radical (unpaired) electrons. The molecular formula is C14H29N. The van der Waals surface area contributed by atoms with E-state index in [4.69, 9.17) is 0 Å². The Bertz CT molecular complexity index is 192. The first kappa shape index (κ1) is 14.7. The van der Waals surface area contributed by atoms with Gasteiger partial charge in [-0.3, -0.25) is 4.90 Å². The van der Waals surface area contributed by atoms with Gasteiger partial charge in [0.05, 0.1) is 0 Å². The van der Waals surface area contributed by atoms with E-state index < -0.39 is 0 Å². The van der Waals surface area contributed by atoms with Crippen LogP contribution in [0.4, 0.5) is 0 Å². The monoisotopic (exact) mass is 211 g/mol. The first-order valence-electron chi connectivity index (χ1n) is 5.98. The minimum absolute atomic E-state index is 0.232. The number of rotatable bonds is 4. The van der Waals surface area contributed by atoms with Crippen molar-refractivity contribution in [1.82, 2.24) is 4.90 Å². The van der Waals surface area contributed by atoms with E-state index in [0.29, 0.717) is 11.5 Å². The summed E-state index contributed by atoms with van der Waals surface area (Å²) in [7, 11) is 0. The first-order chi connectivity index (χ1) is 6.60. The SMILES string of the molecule is C=CCCN(C(C)C(C)(C)C)C(C)(C)C. The molecule has 1 atom stereocenters. The van der Waals surface area contributed by atoms with Gasteiger partial charge in [0.15, 0.2) is 0 Å². The van der Waals surface area contributed by atoms with Crippen LogP contribution in [0.5, 0.6) is 0 Å². The Morgan fingerprint density at radius 2 is 1.60 bits per heavy atom. The Balaban J connectivity index is 4.70. The molecular weight excluding hydrogens is 182 g/mol. The Morgan fingerprint density at radius 3 is 1.87 bits per heavy atom. The van der Waals surface area contributed by atoms with Crippen molar-refractivity contribution in [2.24, 2.45) is 5.41 Å². The minimum atomic E-state index is 0.232. The largest absolute Gasteiger partial charge is 0.295 e. The zero-order valence-corrected chi connectivity index (χ0v) is 11.7. The van der Waals surface area contributed by atoms with Gasteiger partial charge in [-0.2, -0.15) is 0 Å². The predicted molar refractivity (Wildman–Crippen MR) is 70.2 cm³/mol. The molecule has 0 saturated carbocycles. The highest BCUT2D eigenvalue weighted by Gasteiger charge is 2.32. The normalized spacial score (nSPS) is 15.5. The van der Waals surface area contributed by atoms with Gasteiger partial charge in [0.2, 0.25) is 0 Å². The smallest absolute Gasteiger partial charge is 0.0128 e. The summed E-state index contributed by atoms with van der Waals surface area (Å²) in [4.78, 5) is 2.58.